The lowest BCUT2D eigenvalue weighted by Gasteiger charge is -2.36. The smallest absolute Gasteiger partial charge is 0.144 e. The molecule has 6 heteroatoms. The average Bonchev–Trinajstić information content (AvgIpc) is 2.45. The molecule has 2 N–H and O–H groups in total. The second kappa shape index (κ2) is 7.40. The van der Waals surface area contributed by atoms with E-state index in [2.05, 4.69) is 64.6 Å². The monoisotopic (exact) mass is 466 g/mol. The molecule has 1 atom stereocenters. The molecule has 1 fully saturated rings. The van der Waals surface area contributed by atoms with Crippen molar-refractivity contribution in [2.75, 3.05) is 26.2 Å². The zero-order valence-electron chi connectivity index (χ0n) is 11.0. The first-order chi connectivity index (χ1) is 9.56. The predicted octanol–water partition coefficient (Wildman–Crippen LogP) is 4.20. The number of hydrogen-bond acceptors (Lipinski definition) is 3. The van der Waals surface area contributed by atoms with E-state index < -0.39 is 0 Å². The molecule has 0 amide bonds. The van der Waals surface area contributed by atoms with Crippen LogP contribution in [0.15, 0.2) is 32.1 Å². The van der Waals surface area contributed by atoms with Crippen LogP contribution >= 0.6 is 47.8 Å². The summed E-state index contributed by atoms with van der Waals surface area (Å²) in [7, 11) is 0. The molecule has 0 spiro atoms. The van der Waals surface area contributed by atoms with E-state index >= 15 is 0 Å². The van der Waals surface area contributed by atoms with E-state index in [1.165, 1.54) is 0 Å². The molecule has 1 heterocycles. The van der Waals surface area contributed by atoms with Crippen molar-refractivity contribution in [1.29, 1.82) is 0 Å². The Morgan fingerprint density at radius 1 is 1.30 bits per heavy atom. The molecule has 1 aliphatic heterocycles. The lowest BCUT2D eigenvalue weighted by atomic mass is 10.0. The van der Waals surface area contributed by atoms with Crippen LogP contribution in [0.1, 0.15) is 18.0 Å². The average molecular weight is 469 g/mol. The number of halogens is 3. The van der Waals surface area contributed by atoms with Crippen LogP contribution in [0.3, 0.4) is 0 Å². The van der Waals surface area contributed by atoms with Gasteiger partial charge >= 0.3 is 0 Å². The fourth-order valence-corrected chi connectivity index (χ4v) is 5.15. The molecule has 2 rings (SSSR count). The molecule has 20 heavy (non-hydrogen) atoms. The van der Waals surface area contributed by atoms with Crippen molar-refractivity contribution >= 4 is 47.8 Å². The predicted molar refractivity (Wildman–Crippen MR) is 93.2 cm³/mol. The number of phenols is 1. The topological polar surface area (TPSA) is 35.5 Å². The van der Waals surface area contributed by atoms with E-state index in [1.807, 2.05) is 12.1 Å². The molecule has 0 saturated carbocycles. The summed E-state index contributed by atoms with van der Waals surface area (Å²) in [5.74, 6) is 0.243. The second-order valence-electron chi connectivity index (χ2n) is 4.74. The summed E-state index contributed by atoms with van der Waals surface area (Å²) in [6, 6.07) is 2.10. The van der Waals surface area contributed by atoms with Crippen molar-refractivity contribution in [2.45, 2.75) is 12.5 Å². The van der Waals surface area contributed by atoms with Crippen molar-refractivity contribution < 1.29 is 5.11 Å². The minimum atomic E-state index is 0.206. The molecule has 1 aromatic rings. The third kappa shape index (κ3) is 3.47. The Bertz CT molecular complexity index is 502. The summed E-state index contributed by atoms with van der Waals surface area (Å²) in [6.07, 6.45) is 2.78. The molecular weight excluding hydrogens is 452 g/mol. The van der Waals surface area contributed by atoms with Crippen LogP contribution in [-0.4, -0.2) is 36.2 Å². The summed E-state index contributed by atoms with van der Waals surface area (Å²) in [5, 5.41) is 13.5. The second-order valence-corrected chi connectivity index (χ2v) is 7.24. The maximum Gasteiger partial charge on any atom is 0.144 e. The van der Waals surface area contributed by atoms with E-state index in [-0.39, 0.29) is 11.8 Å². The lowest BCUT2D eigenvalue weighted by Crippen LogP contribution is -2.45. The van der Waals surface area contributed by atoms with Crippen LogP contribution in [0, 0.1) is 0 Å². The summed E-state index contributed by atoms with van der Waals surface area (Å²) in [6.45, 7) is 7.85. The third-order valence-corrected chi connectivity index (χ3v) is 5.56. The minimum Gasteiger partial charge on any atom is -0.506 e. The van der Waals surface area contributed by atoms with E-state index in [1.54, 1.807) is 0 Å². The number of benzene rings is 1. The van der Waals surface area contributed by atoms with Crippen molar-refractivity contribution in [3.05, 3.63) is 37.7 Å². The van der Waals surface area contributed by atoms with Gasteiger partial charge in [0.2, 0.25) is 0 Å². The molecule has 0 aliphatic carbocycles. The molecule has 1 aliphatic rings. The number of piperazine rings is 1. The van der Waals surface area contributed by atoms with Gasteiger partial charge in [0.1, 0.15) is 5.75 Å². The number of hydrogen-bond donors (Lipinski definition) is 2. The Morgan fingerprint density at radius 2 is 1.95 bits per heavy atom. The number of nitrogens with one attached hydrogen (secondary N) is 1. The van der Waals surface area contributed by atoms with Gasteiger partial charge in [-0.05, 0) is 44.3 Å². The van der Waals surface area contributed by atoms with Crippen LogP contribution in [0.5, 0.6) is 5.75 Å². The van der Waals surface area contributed by atoms with Crippen LogP contribution < -0.4 is 5.32 Å². The summed E-state index contributed by atoms with van der Waals surface area (Å²) in [5.41, 5.74) is 1.08. The van der Waals surface area contributed by atoms with E-state index in [0.717, 1.165) is 47.1 Å². The molecule has 1 saturated heterocycles. The molecule has 0 bridgehead atoms. The highest BCUT2D eigenvalue weighted by molar-refractivity contribution is 9.11. The number of phenolic OH excluding ortho intramolecular Hbond substituents is 1. The van der Waals surface area contributed by atoms with Gasteiger partial charge < -0.3 is 10.4 Å². The van der Waals surface area contributed by atoms with Gasteiger partial charge in [-0.15, -0.1) is 6.58 Å². The van der Waals surface area contributed by atoms with E-state index in [9.17, 15) is 5.11 Å². The van der Waals surface area contributed by atoms with Gasteiger partial charge in [-0.25, -0.2) is 0 Å². The van der Waals surface area contributed by atoms with Crippen molar-refractivity contribution in [3.63, 3.8) is 0 Å². The Labute approximate surface area is 144 Å². The maximum absolute atomic E-state index is 10.2. The van der Waals surface area contributed by atoms with Gasteiger partial charge in [-0.2, -0.15) is 0 Å². The van der Waals surface area contributed by atoms with Crippen molar-refractivity contribution in [1.82, 2.24) is 10.2 Å². The Morgan fingerprint density at radius 3 is 2.55 bits per heavy atom. The van der Waals surface area contributed by atoms with Gasteiger partial charge in [-0.1, -0.05) is 22.0 Å². The van der Waals surface area contributed by atoms with Gasteiger partial charge in [0.05, 0.1) is 8.95 Å². The zero-order chi connectivity index (χ0) is 14.7. The van der Waals surface area contributed by atoms with Gasteiger partial charge in [0, 0.05) is 42.3 Å². The lowest BCUT2D eigenvalue weighted by molar-refractivity contribution is 0.173. The fourth-order valence-electron chi connectivity index (χ4n) is 2.50. The normalized spacial score (nSPS) is 17.9. The van der Waals surface area contributed by atoms with Gasteiger partial charge in [-0.3, -0.25) is 4.90 Å². The highest BCUT2D eigenvalue weighted by Crippen LogP contribution is 2.44. The fraction of sp³-hybridized carbons (Fsp3) is 0.429. The molecule has 3 nitrogen and oxygen atoms in total. The van der Waals surface area contributed by atoms with Gasteiger partial charge in [0.25, 0.3) is 0 Å². The molecule has 0 aromatic heterocycles. The highest BCUT2D eigenvalue weighted by Gasteiger charge is 2.26. The quantitative estimate of drug-likeness (QED) is 0.650. The van der Waals surface area contributed by atoms with Gasteiger partial charge in [0.15, 0.2) is 0 Å². The Balaban J connectivity index is 2.43. The summed E-state index contributed by atoms with van der Waals surface area (Å²) >= 11 is 10.5. The van der Waals surface area contributed by atoms with E-state index in [4.69, 9.17) is 0 Å². The minimum absolute atomic E-state index is 0.206. The zero-order valence-corrected chi connectivity index (χ0v) is 15.8. The molecule has 0 radical (unpaired) electrons. The first-order valence-corrected chi connectivity index (χ1v) is 8.86. The SMILES string of the molecule is C=CC[C@H](c1c(Br)cc(Br)c(O)c1Br)N1CCNCC1. The summed E-state index contributed by atoms with van der Waals surface area (Å²) in [4.78, 5) is 2.43. The Hall–Kier alpha value is 0.120. The third-order valence-electron chi connectivity index (χ3n) is 3.50. The molecule has 0 unspecified atom stereocenters. The van der Waals surface area contributed by atoms with Crippen LogP contribution in [0.2, 0.25) is 0 Å². The largest absolute Gasteiger partial charge is 0.506 e. The van der Waals surface area contributed by atoms with Crippen LogP contribution in [0.25, 0.3) is 0 Å². The van der Waals surface area contributed by atoms with Crippen LogP contribution in [-0.2, 0) is 0 Å². The molecule has 1 aromatic carbocycles. The number of nitrogens with zero attached hydrogens (tertiary/aromatic N) is 1. The first kappa shape index (κ1) is 16.5. The number of aromatic hydroxyl groups is 1. The highest BCUT2D eigenvalue weighted by atomic mass is 79.9. The Kier molecular flexibility index (Phi) is 6.10. The summed E-state index contributed by atoms with van der Waals surface area (Å²) < 4.78 is 2.40. The van der Waals surface area contributed by atoms with E-state index in [0.29, 0.717) is 4.47 Å². The van der Waals surface area contributed by atoms with Crippen LogP contribution in [0.4, 0.5) is 0 Å². The first-order valence-electron chi connectivity index (χ1n) is 6.48. The standard InChI is InChI=1S/C14H17Br3N2O/c1-2-3-11(19-6-4-18-5-7-19)12-9(15)8-10(16)14(20)13(12)17/h2,8,11,18,20H,1,3-7H2/t11-/m1/s1. The molecule has 110 valence electrons. The van der Waals surface area contributed by atoms with Crippen molar-refractivity contribution in [2.24, 2.45) is 0 Å². The number of rotatable bonds is 4. The molecular formula is C14H17Br3N2O. The van der Waals surface area contributed by atoms with Crippen molar-refractivity contribution in [3.8, 4) is 5.75 Å². The maximum atomic E-state index is 10.2.